The van der Waals surface area contributed by atoms with E-state index in [0.717, 1.165) is 10.2 Å². The van der Waals surface area contributed by atoms with Crippen LogP contribution in [0.3, 0.4) is 0 Å². The Hall–Kier alpha value is -1.29. The van der Waals surface area contributed by atoms with Crippen LogP contribution in [0.15, 0.2) is 17.6 Å². The average Bonchev–Trinajstić information content (AvgIpc) is 2.34. The minimum absolute atomic E-state index is 0.211. The molecule has 0 aliphatic heterocycles. The lowest BCUT2D eigenvalue weighted by Gasteiger charge is -1.94. The molecule has 2 aromatic rings. The summed E-state index contributed by atoms with van der Waals surface area (Å²) < 4.78 is 0.791. The van der Waals surface area contributed by atoms with Crippen molar-refractivity contribution < 1.29 is 5.11 Å². The van der Waals surface area contributed by atoms with Gasteiger partial charge in [0.25, 0.3) is 0 Å². The Balaban J connectivity index is 2.91. The number of nitrogens with two attached hydrogens (primary N) is 1. The van der Waals surface area contributed by atoms with Crippen LogP contribution >= 0.6 is 11.3 Å². The highest BCUT2D eigenvalue weighted by atomic mass is 32.1. The molecule has 0 amide bonds. The van der Waals surface area contributed by atoms with E-state index in [-0.39, 0.29) is 5.75 Å². The van der Waals surface area contributed by atoms with Crippen molar-refractivity contribution >= 4 is 27.2 Å². The standard InChI is InChI=1S/C7H6N2OS/c8-4-1-5-7(6(10)2-4)11-3-9-5/h1-3,10H,8H2. The normalized spacial score (nSPS) is 10.5. The molecule has 3 nitrogen and oxygen atoms in total. The van der Waals surface area contributed by atoms with Crippen LogP contribution in [0, 0.1) is 0 Å². The second-order valence-corrected chi connectivity index (χ2v) is 3.10. The Morgan fingerprint density at radius 2 is 2.27 bits per heavy atom. The van der Waals surface area contributed by atoms with Crippen LogP contribution in [0.2, 0.25) is 0 Å². The summed E-state index contributed by atoms with van der Waals surface area (Å²) >= 11 is 1.41. The van der Waals surface area contributed by atoms with Gasteiger partial charge in [0.2, 0.25) is 0 Å². The first-order valence-corrected chi connectivity index (χ1v) is 3.97. The number of hydrogen-bond acceptors (Lipinski definition) is 4. The van der Waals surface area contributed by atoms with Gasteiger partial charge >= 0.3 is 0 Å². The monoisotopic (exact) mass is 166 g/mol. The Kier molecular flexibility index (Phi) is 1.22. The molecule has 1 aromatic carbocycles. The zero-order valence-corrected chi connectivity index (χ0v) is 6.43. The van der Waals surface area contributed by atoms with Crippen LogP contribution in [0.4, 0.5) is 5.69 Å². The topological polar surface area (TPSA) is 59.1 Å². The Labute approximate surface area is 67.1 Å². The third-order valence-electron chi connectivity index (χ3n) is 1.43. The molecule has 0 bridgehead atoms. The van der Waals surface area contributed by atoms with E-state index in [4.69, 9.17) is 5.73 Å². The van der Waals surface area contributed by atoms with Crippen LogP contribution in [-0.4, -0.2) is 10.1 Å². The van der Waals surface area contributed by atoms with Crippen molar-refractivity contribution in [3.8, 4) is 5.75 Å². The van der Waals surface area contributed by atoms with Crippen molar-refractivity contribution in [2.75, 3.05) is 5.73 Å². The molecule has 0 fully saturated rings. The van der Waals surface area contributed by atoms with Gasteiger partial charge in [0.15, 0.2) is 0 Å². The lowest BCUT2D eigenvalue weighted by atomic mass is 10.3. The van der Waals surface area contributed by atoms with Crippen molar-refractivity contribution in [1.82, 2.24) is 4.98 Å². The number of nitrogens with zero attached hydrogens (tertiary/aromatic N) is 1. The maximum atomic E-state index is 9.33. The van der Waals surface area contributed by atoms with Gasteiger partial charge in [-0.2, -0.15) is 0 Å². The van der Waals surface area contributed by atoms with E-state index in [9.17, 15) is 5.11 Å². The molecular weight excluding hydrogens is 160 g/mol. The van der Waals surface area contributed by atoms with Gasteiger partial charge in [-0.3, -0.25) is 0 Å². The molecule has 0 saturated carbocycles. The van der Waals surface area contributed by atoms with Gasteiger partial charge in [0.1, 0.15) is 5.75 Å². The number of nitrogen functional groups attached to an aromatic ring is 1. The fourth-order valence-corrected chi connectivity index (χ4v) is 1.66. The maximum absolute atomic E-state index is 9.33. The second-order valence-electron chi connectivity index (χ2n) is 2.24. The Bertz CT molecular complexity index is 396. The van der Waals surface area contributed by atoms with Gasteiger partial charge in [-0.1, -0.05) is 0 Å². The molecule has 0 aliphatic rings. The summed E-state index contributed by atoms with van der Waals surface area (Å²) in [5.74, 6) is 0.211. The van der Waals surface area contributed by atoms with E-state index < -0.39 is 0 Å². The number of rotatable bonds is 0. The molecule has 1 heterocycles. The fourth-order valence-electron chi connectivity index (χ4n) is 0.972. The van der Waals surface area contributed by atoms with Crippen molar-refractivity contribution in [2.24, 2.45) is 0 Å². The highest BCUT2D eigenvalue weighted by Gasteiger charge is 2.02. The van der Waals surface area contributed by atoms with Gasteiger partial charge < -0.3 is 10.8 Å². The van der Waals surface area contributed by atoms with E-state index in [1.165, 1.54) is 17.4 Å². The number of thiazole rings is 1. The number of anilines is 1. The van der Waals surface area contributed by atoms with E-state index >= 15 is 0 Å². The van der Waals surface area contributed by atoms with Crippen LogP contribution in [0.1, 0.15) is 0 Å². The predicted molar refractivity (Wildman–Crippen MR) is 45.7 cm³/mol. The van der Waals surface area contributed by atoms with Crippen LogP contribution in [0.25, 0.3) is 10.2 Å². The van der Waals surface area contributed by atoms with E-state index in [1.54, 1.807) is 11.6 Å². The molecule has 4 heteroatoms. The summed E-state index contributed by atoms with van der Waals surface area (Å²) in [5.41, 5.74) is 8.47. The summed E-state index contributed by atoms with van der Waals surface area (Å²) in [6, 6.07) is 3.27. The molecule has 1 aromatic heterocycles. The van der Waals surface area contributed by atoms with Gasteiger partial charge in [0, 0.05) is 11.8 Å². The average molecular weight is 166 g/mol. The summed E-state index contributed by atoms with van der Waals surface area (Å²) in [6.07, 6.45) is 0. The number of benzene rings is 1. The highest BCUT2D eigenvalue weighted by Crippen LogP contribution is 2.29. The first-order chi connectivity index (χ1) is 5.27. The number of phenolic OH excluding ortho intramolecular Hbond substituents is 1. The SMILES string of the molecule is Nc1cc(O)c2scnc2c1. The molecule has 3 N–H and O–H groups in total. The molecule has 11 heavy (non-hydrogen) atoms. The molecule has 0 radical (unpaired) electrons. The Morgan fingerprint density at radius 3 is 3.09 bits per heavy atom. The second kappa shape index (κ2) is 2.10. The quantitative estimate of drug-likeness (QED) is 0.584. The van der Waals surface area contributed by atoms with E-state index in [0.29, 0.717) is 5.69 Å². The van der Waals surface area contributed by atoms with Gasteiger partial charge in [0.05, 0.1) is 15.7 Å². The number of hydrogen-bond donors (Lipinski definition) is 2. The largest absolute Gasteiger partial charge is 0.506 e. The molecular formula is C7H6N2OS. The zero-order chi connectivity index (χ0) is 7.84. The van der Waals surface area contributed by atoms with E-state index in [2.05, 4.69) is 4.98 Å². The summed E-state index contributed by atoms with van der Waals surface area (Å²) in [7, 11) is 0. The van der Waals surface area contributed by atoms with Crippen LogP contribution in [-0.2, 0) is 0 Å². The molecule has 0 unspecified atom stereocenters. The van der Waals surface area contributed by atoms with Crippen molar-refractivity contribution in [1.29, 1.82) is 0 Å². The minimum Gasteiger partial charge on any atom is -0.506 e. The number of aromatic hydroxyl groups is 1. The third kappa shape index (κ3) is 0.914. The fraction of sp³-hybridized carbons (Fsp3) is 0. The summed E-state index contributed by atoms with van der Waals surface area (Å²) in [5, 5.41) is 9.33. The third-order valence-corrected chi connectivity index (χ3v) is 2.30. The lowest BCUT2D eigenvalue weighted by Crippen LogP contribution is -1.82. The van der Waals surface area contributed by atoms with Crippen LogP contribution < -0.4 is 5.73 Å². The molecule has 2 rings (SSSR count). The molecule has 0 spiro atoms. The summed E-state index contributed by atoms with van der Waals surface area (Å²) in [4.78, 5) is 4.02. The smallest absolute Gasteiger partial charge is 0.137 e. The van der Waals surface area contributed by atoms with Gasteiger partial charge in [-0.15, -0.1) is 11.3 Å². The van der Waals surface area contributed by atoms with Crippen LogP contribution in [0.5, 0.6) is 5.75 Å². The van der Waals surface area contributed by atoms with E-state index in [1.807, 2.05) is 0 Å². The zero-order valence-electron chi connectivity index (χ0n) is 5.61. The number of fused-ring (bicyclic) bond motifs is 1. The van der Waals surface area contributed by atoms with Crippen molar-refractivity contribution in [2.45, 2.75) is 0 Å². The molecule has 0 saturated heterocycles. The maximum Gasteiger partial charge on any atom is 0.137 e. The van der Waals surface area contributed by atoms with Gasteiger partial charge in [-0.05, 0) is 6.07 Å². The highest BCUT2D eigenvalue weighted by molar-refractivity contribution is 7.17. The van der Waals surface area contributed by atoms with Crippen molar-refractivity contribution in [3.05, 3.63) is 17.6 Å². The number of phenols is 1. The lowest BCUT2D eigenvalue weighted by molar-refractivity contribution is 0.483. The summed E-state index contributed by atoms with van der Waals surface area (Å²) in [6.45, 7) is 0. The molecule has 0 aliphatic carbocycles. The van der Waals surface area contributed by atoms with Crippen molar-refractivity contribution in [3.63, 3.8) is 0 Å². The Morgan fingerprint density at radius 1 is 1.45 bits per heavy atom. The van der Waals surface area contributed by atoms with Gasteiger partial charge in [-0.25, -0.2) is 4.98 Å². The minimum atomic E-state index is 0.211. The predicted octanol–water partition coefficient (Wildman–Crippen LogP) is 1.58. The molecule has 0 atom stereocenters. The first-order valence-electron chi connectivity index (χ1n) is 3.09. The number of aromatic nitrogens is 1. The molecule has 56 valence electrons. The first kappa shape index (κ1) is 6.42.